The van der Waals surface area contributed by atoms with Crippen molar-refractivity contribution in [3.63, 3.8) is 0 Å². The number of nitriles is 1. The number of carbonyl (C=O) groups is 1. The Hall–Kier alpha value is -2.61. The molecule has 0 saturated carbocycles. The summed E-state index contributed by atoms with van der Waals surface area (Å²) in [5, 5.41) is 17.5. The van der Waals surface area contributed by atoms with E-state index in [1.54, 1.807) is 31.2 Å². The van der Waals surface area contributed by atoms with Crippen LogP contribution in [0.25, 0.3) is 11.5 Å². The lowest BCUT2D eigenvalue weighted by Gasteiger charge is -1.94. The highest BCUT2D eigenvalue weighted by molar-refractivity contribution is 5.87. The Morgan fingerprint density at radius 2 is 2.06 bits per heavy atom. The topological polar surface area (TPSA) is 87.1 Å². The van der Waals surface area contributed by atoms with Gasteiger partial charge in [0.2, 0.25) is 5.89 Å². The van der Waals surface area contributed by atoms with Gasteiger partial charge in [0.25, 0.3) is 0 Å². The molecule has 0 bridgehead atoms. The minimum absolute atomic E-state index is 0.0932. The van der Waals surface area contributed by atoms with Crippen molar-refractivity contribution in [1.29, 1.82) is 5.26 Å². The summed E-state index contributed by atoms with van der Waals surface area (Å²) in [6, 6.07) is 8.56. The number of carboxylic acid groups (broad SMARTS) is 1. The maximum atomic E-state index is 10.8. The quantitative estimate of drug-likeness (QED) is 0.851. The average Bonchev–Trinajstić information content (AvgIpc) is 2.71. The summed E-state index contributed by atoms with van der Waals surface area (Å²) in [5.41, 5.74) is 1.07. The van der Waals surface area contributed by atoms with E-state index in [4.69, 9.17) is 14.8 Å². The summed E-state index contributed by atoms with van der Waals surface area (Å²) in [6.45, 7) is 1.55. The lowest BCUT2D eigenvalue weighted by Crippen LogP contribution is -1.98. The normalized spacial score (nSPS) is 9.88. The van der Waals surface area contributed by atoms with Crippen LogP contribution in [0.1, 0.15) is 21.8 Å². The van der Waals surface area contributed by atoms with Crippen LogP contribution in [0.3, 0.4) is 0 Å². The molecule has 0 aliphatic carbocycles. The van der Waals surface area contributed by atoms with Gasteiger partial charge < -0.3 is 9.52 Å². The van der Waals surface area contributed by atoms with Crippen LogP contribution in [0.2, 0.25) is 0 Å². The van der Waals surface area contributed by atoms with Crippen LogP contribution >= 0.6 is 0 Å². The van der Waals surface area contributed by atoms with Gasteiger partial charge in [-0.3, -0.25) is 0 Å². The number of nitrogens with zero attached hydrogens (tertiary/aromatic N) is 2. The summed E-state index contributed by atoms with van der Waals surface area (Å²) < 4.78 is 5.26. The van der Waals surface area contributed by atoms with E-state index in [1.807, 2.05) is 6.07 Å². The van der Waals surface area contributed by atoms with Crippen LogP contribution in [0.4, 0.5) is 0 Å². The van der Waals surface area contributed by atoms with E-state index in [2.05, 4.69) is 4.98 Å². The van der Waals surface area contributed by atoms with E-state index in [0.29, 0.717) is 11.1 Å². The van der Waals surface area contributed by atoms with Crippen molar-refractivity contribution >= 4 is 5.97 Å². The lowest BCUT2D eigenvalue weighted by molar-refractivity contribution is 0.0689. The van der Waals surface area contributed by atoms with Gasteiger partial charge in [-0.05, 0) is 31.2 Å². The van der Waals surface area contributed by atoms with Gasteiger partial charge in [0.15, 0.2) is 5.69 Å². The molecule has 2 aromatic rings. The monoisotopic (exact) mass is 228 g/mol. The van der Waals surface area contributed by atoms with Crippen LogP contribution in [0, 0.1) is 18.3 Å². The van der Waals surface area contributed by atoms with Crippen molar-refractivity contribution in [2.45, 2.75) is 6.92 Å². The Morgan fingerprint density at radius 3 is 2.53 bits per heavy atom. The second-order valence-corrected chi connectivity index (χ2v) is 3.42. The average molecular weight is 228 g/mol. The lowest BCUT2D eigenvalue weighted by atomic mass is 10.1. The van der Waals surface area contributed by atoms with E-state index in [9.17, 15) is 4.79 Å². The number of aromatic nitrogens is 1. The van der Waals surface area contributed by atoms with Crippen LogP contribution in [0.5, 0.6) is 0 Å². The van der Waals surface area contributed by atoms with Gasteiger partial charge in [0.05, 0.1) is 11.6 Å². The molecule has 0 aliphatic rings. The first-order valence-electron chi connectivity index (χ1n) is 4.83. The second kappa shape index (κ2) is 4.10. The van der Waals surface area contributed by atoms with Crippen molar-refractivity contribution in [2.75, 3.05) is 0 Å². The highest BCUT2D eigenvalue weighted by Gasteiger charge is 2.16. The largest absolute Gasteiger partial charge is 0.476 e. The summed E-state index contributed by atoms with van der Waals surface area (Å²) in [6.07, 6.45) is 0. The molecule has 1 aromatic carbocycles. The van der Waals surface area contributed by atoms with E-state index < -0.39 is 5.97 Å². The Labute approximate surface area is 96.9 Å². The molecular weight excluding hydrogens is 220 g/mol. The van der Waals surface area contributed by atoms with Gasteiger partial charge in [0, 0.05) is 5.56 Å². The summed E-state index contributed by atoms with van der Waals surface area (Å²) >= 11 is 0. The van der Waals surface area contributed by atoms with Crippen LogP contribution in [0.15, 0.2) is 28.7 Å². The van der Waals surface area contributed by atoms with Gasteiger partial charge >= 0.3 is 5.97 Å². The Balaban J connectivity index is 2.43. The van der Waals surface area contributed by atoms with Crippen LogP contribution in [-0.2, 0) is 0 Å². The van der Waals surface area contributed by atoms with E-state index >= 15 is 0 Å². The Morgan fingerprint density at radius 1 is 1.41 bits per heavy atom. The number of hydrogen-bond acceptors (Lipinski definition) is 4. The molecule has 2 rings (SSSR count). The molecule has 0 radical (unpaired) electrons. The van der Waals surface area contributed by atoms with E-state index in [1.165, 1.54) is 0 Å². The first-order chi connectivity index (χ1) is 8.11. The smallest absolute Gasteiger partial charge is 0.358 e. The maximum Gasteiger partial charge on any atom is 0.358 e. The Kier molecular flexibility index (Phi) is 2.63. The van der Waals surface area contributed by atoms with Crippen LogP contribution < -0.4 is 0 Å². The SMILES string of the molecule is Cc1oc(-c2ccc(C#N)cc2)nc1C(=O)O. The van der Waals surface area contributed by atoms with Crippen molar-refractivity contribution in [3.8, 4) is 17.5 Å². The van der Waals surface area contributed by atoms with Crippen molar-refractivity contribution in [3.05, 3.63) is 41.3 Å². The number of benzene rings is 1. The first-order valence-corrected chi connectivity index (χ1v) is 4.83. The summed E-state index contributed by atoms with van der Waals surface area (Å²) in [7, 11) is 0. The molecule has 1 aromatic heterocycles. The molecule has 17 heavy (non-hydrogen) atoms. The highest BCUT2D eigenvalue weighted by Crippen LogP contribution is 2.21. The third kappa shape index (κ3) is 2.01. The van der Waals surface area contributed by atoms with Gasteiger partial charge in [-0.25, -0.2) is 9.78 Å². The summed E-state index contributed by atoms with van der Waals surface area (Å²) in [4.78, 5) is 14.7. The zero-order valence-electron chi connectivity index (χ0n) is 8.97. The highest BCUT2D eigenvalue weighted by atomic mass is 16.4. The molecule has 0 saturated heterocycles. The number of carboxylic acids is 1. The number of oxazole rings is 1. The predicted octanol–water partition coefficient (Wildman–Crippen LogP) is 2.22. The third-order valence-electron chi connectivity index (χ3n) is 2.26. The molecule has 0 amide bonds. The fourth-order valence-electron chi connectivity index (χ4n) is 1.41. The molecule has 1 N–H and O–H groups in total. The van der Waals surface area contributed by atoms with Gasteiger partial charge in [0.1, 0.15) is 5.76 Å². The zero-order valence-corrected chi connectivity index (χ0v) is 8.97. The molecular formula is C12H8N2O3. The molecule has 0 spiro atoms. The van der Waals surface area contributed by atoms with Gasteiger partial charge in [-0.15, -0.1) is 0 Å². The minimum Gasteiger partial charge on any atom is -0.476 e. The van der Waals surface area contributed by atoms with Crippen molar-refractivity contribution in [2.24, 2.45) is 0 Å². The van der Waals surface area contributed by atoms with Crippen molar-refractivity contribution < 1.29 is 14.3 Å². The zero-order chi connectivity index (χ0) is 12.4. The maximum absolute atomic E-state index is 10.8. The predicted molar refractivity (Wildman–Crippen MR) is 58.4 cm³/mol. The van der Waals surface area contributed by atoms with E-state index in [-0.39, 0.29) is 17.3 Å². The fourth-order valence-corrected chi connectivity index (χ4v) is 1.41. The van der Waals surface area contributed by atoms with E-state index in [0.717, 1.165) is 0 Å². The summed E-state index contributed by atoms with van der Waals surface area (Å²) in [5.74, 6) is -0.618. The molecule has 0 atom stereocenters. The number of hydrogen-bond donors (Lipinski definition) is 1. The second-order valence-electron chi connectivity index (χ2n) is 3.42. The fraction of sp³-hybridized carbons (Fsp3) is 0.0833. The first kappa shape index (κ1) is 10.9. The number of rotatable bonds is 2. The van der Waals surface area contributed by atoms with Gasteiger partial charge in [-0.2, -0.15) is 5.26 Å². The Bertz CT molecular complexity index is 606. The van der Waals surface area contributed by atoms with Crippen LogP contribution in [-0.4, -0.2) is 16.1 Å². The molecule has 5 heteroatoms. The third-order valence-corrected chi connectivity index (χ3v) is 2.26. The molecule has 0 unspecified atom stereocenters. The molecule has 84 valence electrons. The van der Waals surface area contributed by atoms with Gasteiger partial charge in [-0.1, -0.05) is 0 Å². The number of aryl methyl sites for hydroxylation is 1. The standard InChI is InChI=1S/C12H8N2O3/c1-7-10(12(15)16)14-11(17-7)9-4-2-8(6-13)3-5-9/h2-5H,1H3,(H,15,16). The molecule has 1 heterocycles. The molecule has 0 fully saturated rings. The molecule has 5 nitrogen and oxygen atoms in total. The van der Waals surface area contributed by atoms with Crippen molar-refractivity contribution in [1.82, 2.24) is 4.98 Å². The minimum atomic E-state index is -1.12. The number of aromatic carboxylic acids is 1. The molecule has 0 aliphatic heterocycles.